The highest BCUT2D eigenvalue weighted by Crippen LogP contribution is 2.32. The highest BCUT2D eigenvalue weighted by atomic mass is 32.1. The molecule has 7 heteroatoms. The average molecular weight is 371 g/mol. The lowest BCUT2D eigenvalue weighted by atomic mass is 10.1. The van der Waals surface area contributed by atoms with E-state index < -0.39 is 0 Å². The van der Waals surface area contributed by atoms with Gasteiger partial charge in [-0.3, -0.25) is 4.79 Å². The van der Waals surface area contributed by atoms with Gasteiger partial charge in [-0.05, 0) is 54.9 Å². The van der Waals surface area contributed by atoms with Crippen LogP contribution in [-0.4, -0.2) is 24.4 Å². The fourth-order valence-corrected chi connectivity index (χ4v) is 2.80. The Kier molecular flexibility index (Phi) is 5.58. The van der Waals surface area contributed by atoms with Gasteiger partial charge in [0.15, 0.2) is 16.6 Å². The van der Waals surface area contributed by atoms with Crippen LogP contribution in [0.1, 0.15) is 16.7 Å². The van der Waals surface area contributed by atoms with E-state index in [0.717, 1.165) is 33.9 Å². The quantitative estimate of drug-likeness (QED) is 0.702. The van der Waals surface area contributed by atoms with Gasteiger partial charge in [0.1, 0.15) is 0 Å². The Morgan fingerprint density at radius 2 is 1.81 bits per heavy atom. The van der Waals surface area contributed by atoms with Crippen molar-refractivity contribution >= 4 is 28.9 Å². The average Bonchev–Trinajstić information content (AvgIpc) is 3.09. The highest BCUT2D eigenvalue weighted by Gasteiger charge is 2.13. The van der Waals surface area contributed by atoms with Gasteiger partial charge in [-0.25, -0.2) is 0 Å². The van der Waals surface area contributed by atoms with Crippen LogP contribution < -0.4 is 25.4 Å². The molecule has 2 aromatic rings. The first-order valence-electron chi connectivity index (χ1n) is 8.29. The van der Waals surface area contributed by atoms with Gasteiger partial charge in [0, 0.05) is 12.2 Å². The van der Waals surface area contributed by atoms with Crippen LogP contribution in [0.15, 0.2) is 36.4 Å². The number of hydrogen-bond acceptors (Lipinski definition) is 4. The number of thiocarbonyl (C=S) groups is 1. The Hall–Kier alpha value is -2.80. The lowest BCUT2D eigenvalue weighted by molar-refractivity contribution is -0.115. The van der Waals surface area contributed by atoms with Crippen molar-refractivity contribution in [3.8, 4) is 11.5 Å². The van der Waals surface area contributed by atoms with Gasteiger partial charge in [-0.15, -0.1) is 0 Å². The molecule has 136 valence electrons. The SMILES string of the molecule is Cc1cccc(C)c1NC(=O)CNC(=S)NCc1ccc2c(c1)OCO2. The lowest BCUT2D eigenvalue weighted by Gasteiger charge is -2.13. The van der Waals surface area contributed by atoms with Crippen LogP contribution in [0.2, 0.25) is 0 Å². The molecule has 1 aliphatic heterocycles. The van der Waals surface area contributed by atoms with E-state index in [1.54, 1.807) is 0 Å². The Morgan fingerprint density at radius 3 is 2.58 bits per heavy atom. The minimum absolute atomic E-state index is 0.0980. The second-order valence-corrected chi connectivity index (χ2v) is 6.45. The van der Waals surface area contributed by atoms with E-state index in [4.69, 9.17) is 21.7 Å². The van der Waals surface area contributed by atoms with E-state index in [2.05, 4.69) is 16.0 Å². The van der Waals surface area contributed by atoms with Gasteiger partial charge in [-0.2, -0.15) is 0 Å². The Balaban J connectivity index is 1.44. The number of amides is 1. The maximum absolute atomic E-state index is 12.1. The van der Waals surface area contributed by atoms with E-state index in [9.17, 15) is 4.79 Å². The highest BCUT2D eigenvalue weighted by molar-refractivity contribution is 7.80. The molecule has 0 atom stereocenters. The molecule has 0 unspecified atom stereocenters. The minimum Gasteiger partial charge on any atom is -0.454 e. The van der Waals surface area contributed by atoms with Crippen molar-refractivity contribution in [1.29, 1.82) is 0 Å². The number of ether oxygens (including phenoxy) is 2. The number of carbonyl (C=O) groups is 1. The zero-order valence-corrected chi connectivity index (χ0v) is 15.5. The lowest BCUT2D eigenvalue weighted by Crippen LogP contribution is -2.39. The summed E-state index contributed by atoms with van der Waals surface area (Å²) in [6.07, 6.45) is 0. The summed E-state index contributed by atoms with van der Waals surface area (Å²) in [6, 6.07) is 11.6. The van der Waals surface area contributed by atoms with Crippen LogP contribution in [-0.2, 0) is 11.3 Å². The Morgan fingerprint density at radius 1 is 1.08 bits per heavy atom. The molecule has 26 heavy (non-hydrogen) atoms. The summed E-state index contributed by atoms with van der Waals surface area (Å²) >= 11 is 5.23. The summed E-state index contributed by atoms with van der Waals surface area (Å²) in [5.74, 6) is 1.34. The van der Waals surface area contributed by atoms with Gasteiger partial charge in [0.05, 0.1) is 6.54 Å². The Labute approximate surface area is 157 Å². The van der Waals surface area contributed by atoms with Crippen molar-refractivity contribution in [2.45, 2.75) is 20.4 Å². The Bertz CT molecular complexity index is 819. The molecular formula is C19H21N3O3S. The molecule has 0 radical (unpaired) electrons. The van der Waals surface area contributed by atoms with Crippen LogP contribution in [0.25, 0.3) is 0 Å². The van der Waals surface area contributed by atoms with Gasteiger partial charge in [0.25, 0.3) is 0 Å². The normalized spacial score (nSPS) is 11.8. The number of benzene rings is 2. The summed E-state index contributed by atoms with van der Waals surface area (Å²) in [6.45, 7) is 4.81. The monoisotopic (exact) mass is 371 g/mol. The zero-order valence-electron chi connectivity index (χ0n) is 14.7. The molecule has 0 fully saturated rings. The second kappa shape index (κ2) is 8.05. The third kappa shape index (κ3) is 4.43. The fourth-order valence-electron chi connectivity index (χ4n) is 2.65. The topological polar surface area (TPSA) is 71.6 Å². The number of nitrogens with one attached hydrogen (secondary N) is 3. The predicted molar refractivity (Wildman–Crippen MR) is 105 cm³/mol. The second-order valence-electron chi connectivity index (χ2n) is 6.04. The standard InChI is InChI=1S/C19H21N3O3S/c1-12-4-3-5-13(2)18(12)22-17(23)10-21-19(26)20-9-14-6-7-15-16(8-14)25-11-24-15/h3-8H,9-11H2,1-2H3,(H,22,23)(H2,20,21,26). The predicted octanol–water partition coefficient (Wildman–Crippen LogP) is 2.63. The first-order chi connectivity index (χ1) is 12.5. The van der Waals surface area contributed by atoms with Crippen molar-refractivity contribution in [3.63, 3.8) is 0 Å². The summed E-state index contributed by atoms with van der Waals surface area (Å²) in [7, 11) is 0. The minimum atomic E-state index is -0.144. The van der Waals surface area contributed by atoms with Crippen molar-refractivity contribution < 1.29 is 14.3 Å². The zero-order chi connectivity index (χ0) is 18.5. The number of rotatable bonds is 5. The molecule has 1 heterocycles. The summed E-state index contributed by atoms with van der Waals surface area (Å²) in [5.41, 5.74) is 3.92. The third-order valence-electron chi connectivity index (χ3n) is 4.05. The van der Waals surface area contributed by atoms with Gasteiger partial charge in [-0.1, -0.05) is 24.3 Å². The number of aryl methyl sites for hydroxylation is 2. The summed E-state index contributed by atoms with van der Waals surface area (Å²) in [5, 5.41) is 9.33. The molecule has 3 N–H and O–H groups in total. The number of para-hydroxylation sites is 1. The van der Waals surface area contributed by atoms with E-state index in [-0.39, 0.29) is 19.2 Å². The number of hydrogen-bond donors (Lipinski definition) is 3. The van der Waals surface area contributed by atoms with Crippen LogP contribution >= 0.6 is 12.2 Å². The maximum atomic E-state index is 12.1. The molecule has 0 bridgehead atoms. The molecular weight excluding hydrogens is 350 g/mol. The summed E-state index contributed by atoms with van der Waals surface area (Å²) < 4.78 is 10.6. The van der Waals surface area contributed by atoms with Crippen molar-refractivity contribution in [1.82, 2.24) is 10.6 Å². The maximum Gasteiger partial charge on any atom is 0.243 e. The number of carbonyl (C=O) groups excluding carboxylic acids is 1. The molecule has 0 saturated heterocycles. The molecule has 0 aliphatic carbocycles. The molecule has 0 spiro atoms. The first-order valence-corrected chi connectivity index (χ1v) is 8.70. The largest absolute Gasteiger partial charge is 0.454 e. The number of anilines is 1. The molecule has 0 saturated carbocycles. The molecule has 1 aliphatic rings. The molecule has 6 nitrogen and oxygen atoms in total. The van der Waals surface area contributed by atoms with Crippen LogP contribution in [0.3, 0.4) is 0 Å². The van der Waals surface area contributed by atoms with Crippen molar-refractivity contribution in [2.24, 2.45) is 0 Å². The van der Waals surface area contributed by atoms with Gasteiger partial charge in [0.2, 0.25) is 12.7 Å². The smallest absolute Gasteiger partial charge is 0.243 e. The van der Waals surface area contributed by atoms with Crippen LogP contribution in [0.4, 0.5) is 5.69 Å². The summed E-state index contributed by atoms with van der Waals surface area (Å²) in [4.78, 5) is 12.1. The number of fused-ring (bicyclic) bond motifs is 1. The van der Waals surface area contributed by atoms with Gasteiger partial charge >= 0.3 is 0 Å². The third-order valence-corrected chi connectivity index (χ3v) is 4.33. The van der Waals surface area contributed by atoms with Gasteiger partial charge < -0.3 is 25.4 Å². The van der Waals surface area contributed by atoms with E-state index in [0.29, 0.717) is 11.7 Å². The van der Waals surface area contributed by atoms with E-state index in [1.807, 2.05) is 50.2 Å². The van der Waals surface area contributed by atoms with E-state index >= 15 is 0 Å². The van der Waals surface area contributed by atoms with Crippen LogP contribution in [0.5, 0.6) is 11.5 Å². The van der Waals surface area contributed by atoms with Crippen molar-refractivity contribution in [2.75, 3.05) is 18.7 Å². The van der Waals surface area contributed by atoms with Crippen molar-refractivity contribution in [3.05, 3.63) is 53.1 Å². The molecule has 0 aromatic heterocycles. The van der Waals surface area contributed by atoms with Crippen LogP contribution in [0, 0.1) is 13.8 Å². The first kappa shape index (κ1) is 18.0. The van der Waals surface area contributed by atoms with E-state index in [1.165, 1.54) is 0 Å². The molecule has 3 rings (SSSR count). The fraction of sp³-hybridized carbons (Fsp3) is 0.263. The molecule has 1 amide bonds. The molecule has 2 aromatic carbocycles.